The first-order chi connectivity index (χ1) is 13.3. The summed E-state index contributed by atoms with van der Waals surface area (Å²) in [6, 6.07) is 0. The molecule has 160 valence electrons. The second-order valence-corrected chi connectivity index (χ2v) is 11.7. The number of alkyl halides is 4. The van der Waals surface area contributed by atoms with Gasteiger partial charge in [-0.25, -0.2) is 0 Å². The minimum atomic E-state index is -1.69. The highest BCUT2D eigenvalue weighted by atomic mass is 35.5. The third-order valence-electron chi connectivity index (χ3n) is 7.07. The lowest BCUT2D eigenvalue weighted by Gasteiger charge is -2.46. The molecule has 2 amide bonds. The zero-order valence-corrected chi connectivity index (χ0v) is 19.9. The lowest BCUT2D eigenvalue weighted by atomic mass is 9.58. The largest absolute Gasteiger partial charge is 0.464 e. The average Bonchev–Trinajstić information content (AvgIpc) is 2.95. The smallest absolute Gasteiger partial charge is 0.302 e. The molecule has 0 spiro atoms. The molecule has 5 nitrogen and oxygen atoms in total. The number of ether oxygens (including phenoxy) is 1. The third kappa shape index (κ3) is 2.41. The number of rotatable bonds is 3. The number of carbonyl (C=O) groups excluding carboxylic acids is 3. The fraction of sp³-hybridized carbons (Fsp3) is 0.722. The normalized spacial score (nSPS) is 45.0. The average molecular weight is 524 g/mol. The van der Waals surface area contributed by atoms with Gasteiger partial charge in [0.15, 0.2) is 4.33 Å². The van der Waals surface area contributed by atoms with Crippen LogP contribution < -0.4 is 0 Å². The number of fused-ring (bicyclic) bond motifs is 6. The lowest BCUT2D eigenvalue weighted by molar-refractivity contribution is -0.147. The SMILES string of the molecule is CC(=O)OCCN1C(=O)[C@H]2C[C@@H]3[C@H](C[C@@]2(C)C1=O)[C@]1(Cl)C(Cl)=C(Cl)[C@]3(Cl)C1(Cl)Cl. The third-order valence-corrected chi connectivity index (χ3v) is 11.4. The first-order valence-corrected chi connectivity index (χ1v) is 11.3. The van der Waals surface area contributed by atoms with Crippen LogP contribution in [-0.2, 0) is 19.1 Å². The number of allylic oxidation sites excluding steroid dienone is 2. The summed E-state index contributed by atoms with van der Waals surface area (Å²) >= 11 is 39.9. The maximum absolute atomic E-state index is 13.2. The first-order valence-electron chi connectivity index (χ1n) is 9.07. The number of imide groups is 1. The van der Waals surface area contributed by atoms with Crippen LogP contribution in [0.3, 0.4) is 0 Å². The van der Waals surface area contributed by atoms with E-state index in [1.807, 2.05) is 0 Å². The maximum atomic E-state index is 13.2. The van der Waals surface area contributed by atoms with E-state index in [1.54, 1.807) is 6.92 Å². The van der Waals surface area contributed by atoms with Crippen molar-refractivity contribution < 1.29 is 19.1 Å². The van der Waals surface area contributed by atoms with E-state index >= 15 is 0 Å². The van der Waals surface area contributed by atoms with Gasteiger partial charge < -0.3 is 4.74 Å². The van der Waals surface area contributed by atoms with E-state index in [-0.39, 0.29) is 47.9 Å². The van der Waals surface area contributed by atoms with Gasteiger partial charge in [0.2, 0.25) is 11.8 Å². The van der Waals surface area contributed by atoms with Gasteiger partial charge in [-0.15, -0.1) is 23.2 Å². The number of hydrogen-bond donors (Lipinski definition) is 0. The fourth-order valence-corrected chi connectivity index (χ4v) is 8.72. The second kappa shape index (κ2) is 6.55. The van der Waals surface area contributed by atoms with Gasteiger partial charge in [-0.1, -0.05) is 46.4 Å². The summed E-state index contributed by atoms with van der Waals surface area (Å²) in [4.78, 5) is 35.5. The van der Waals surface area contributed by atoms with Crippen molar-refractivity contribution in [3.8, 4) is 0 Å². The molecule has 4 aliphatic rings. The van der Waals surface area contributed by atoms with Gasteiger partial charge in [0.25, 0.3) is 0 Å². The first kappa shape index (κ1) is 22.3. The number of nitrogens with zero attached hydrogens (tertiary/aromatic N) is 1. The molecule has 0 aromatic carbocycles. The predicted molar refractivity (Wildman–Crippen MR) is 112 cm³/mol. The van der Waals surface area contributed by atoms with Crippen LogP contribution in [0.4, 0.5) is 0 Å². The summed E-state index contributed by atoms with van der Waals surface area (Å²) in [6.45, 7) is 2.92. The van der Waals surface area contributed by atoms with Gasteiger partial charge in [0.1, 0.15) is 16.4 Å². The van der Waals surface area contributed by atoms with Crippen molar-refractivity contribution in [1.29, 1.82) is 0 Å². The van der Waals surface area contributed by atoms with Gasteiger partial charge in [-0.2, -0.15) is 0 Å². The van der Waals surface area contributed by atoms with E-state index in [4.69, 9.17) is 74.3 Å². The number of esters is 1. The highest BCUT2D eigenvalue weighted by Crippen LogP contribution is 2.79. The fourth-order valence-electron chi connectivity index (χ4n) is 5.63. The van der Waals surface area contributed by atoms with E-state index < -0.39 is 43.2 Å². The van der Waals surface area contributed by atoms with Gasteiger partial charge in [-0.05, 0) is 31.6 Å². The quantitative estimate of drug-likeness (QED) is 0.312. The van der Waals surface area contributed by atoms with Crippen LogP contribution >= 0.6 is 69.6 Å². The predicted octanol–water partition coefficient (Wildman–Crippen LogP) is 4.41. The molecule has 2 saturated carbocycles. The Labute approximate surface area is 197 Å². The maximum Gasteiger partial charge on any atom is 0.302 e. The van der Waals surface area contributed by atoms with E-state index in [9.17, 15) is 14.4 Å². The van der Waals surface area contributed by atoms with Gasteiger partial charge in [-0.3, -0.25) is 19.3 Å². The van der Waals surface area contributed by atoms with Crippen molar-refractivity contribution in [2.45, 2.75) is 40.8 Å². The minimum absolute atomic E-state index is 0.00851. The van der Waals surface area contributed by atoms with Crippen LogP contribution in [0.2, 0.25) is 0 Å². The Morgan fingerprint density at radius 1 is 1.10 bits per heavy atom. The zero-order chi connectivity index (χ0) is 21.7. The van der Waals surface area contributed by atoms with E-state index in [1.165, 1.54) is 6.92 Å². The molecule has 0 radical (unpaired) electrons. The molecule has 1 heterocycles. The number of carbonyl (C=O) groups is 3. The van der Waals surface area contributed by atoms with Crippen LogP contribution in [0.5, 0.6) is 0 Å². The molecule has 11 heteroatoms. The Bertz CT molecular complexity index is 876. The number of halogens is 6. The molecular formula is C18H17Cl6NO4. The molecule has 3 fully saturated rings. The summed E-state index contributed by atoms with van der Waals surface area (Å²) in [5.41, 5.74) is -1.01. The monoisotopic (exact) mass is 521 g/mol. The van der Waals surface area contributed by atoms with Crippen molar-refractivity contribution in [2.75, 3.05) is 13.2 Å². The van der Waals surface area contributed by atoms with Crippen molar-refractivity contribution in [3.63, 3.8) is 0 Å². The molecule has 0 unspecified atom stereocenters. The molecule has 0 aromatic rings. The van der Waals surface area contributed by atoms with Gasteiger partial charge in [0, 0.05) is 6.92 Å². The van der Waals surface area contributed by atoms with E-state index in [2.05, 4.69) is 0 Å². The molecule has 0 aromatic heterocycles. The Kier molecular flexibility index (Phi) is 5.04. The molecule has 6 atom stereocenters. The summed E-state index contributed by atoms with van der Waals surface area (Å²) in [5.74, 6) is -2.67. The summed E-state index contributed by atoms with van der Waals surface area (Å²) in [5, 5.41) is 0.182. The summed E-state index contributed by atoms with van der Waals surface area (Å²) in [7, 11) is 0. The second-order valence-electron chi connectivity index (χ2n) is 8.38. The van der Waals surface area contributed by atoms with E-state index in [0.29, 0.717) is 0 Å². The van der Waals surface area contributed by atoms with Crippen LogP contribution in [-0.4, -0.2) is 49.9 Å². The minimum Gasteiger partial charge on any atom is -0.464 e. The summed E-state index contributed by atoms with van der Waals surface area (Å²) < 4.78 is 3.20. The van der Waals surface area contributed by atoms with Crippen LogP contribution in [0.1, 0.15) is 26.7 Å². The molecule has 4 rings (SSSR count). The van der Waals surface area contributed by atoms with Crippen LogP contribution in [0.25, 0.3) is 0 Å². The Morgan fingerprint density at radius 2 is 1.66 bits per heavy atom. The highest BCUT2D eigenvalue weighted by Gasteiger charge is 2.84. The Hall–Kier alpha value is 0.0900. The molecule has 2 bridgehead atoms. The van der Waals surface area contributed by atoms with E-state index in [0.717, 1.165) is 4.90 Å². The van der Waals surface area contributed by atoms with Crippen molar-refractivity contribution in [1.82, 2.24) is 4.90 Å². The standard InChI is InChI=1S/C18H17Cl6NO4/c1-7(26)29-4-3-25-13(27)9-5-8-10(6-15(9,2)14(25)28)17(22)12(20)11(19)16(8,21)18(17,23)24/h8-10H,3-6H2,1-2H3/t8-,9-,10+,15-,16+,17+/m1/s1. The van der Waals surface area contributed by atoms with Crippen molar-refractivity contribution >= 4 is 87.4 Å². The highest BCUT2D eigenvalue weighted by molar-refractivity contribution is 6.65. The summed E-state index contributed by atoms with van der Waals surface area (Å²) in [6.07, 6.45) is 0.478. The van der Waals surface area contributed by atoms with Gasteiger partial charge >= 0.3 is 5.97 Å². The Morgan fingerprint density at radius 3 is 2.21 bits per heavy atom. The number of likely N-dealkylation sites (tertiary alicyclic amines) is 1. The van der Waals surface area contributed by atoms with Crippen LogP contribution in [0, 0.1) is 23.2 Å². The lowest BCUT2D eigenvalue weighted by Crippen LogP contribution is -2.49. The molecule has 0 N–H and O–H groups in total. The van der Waals surface area contributed by atoms with Crippen molar-refractivity contribution in [3.05, 3.63) is 10.1 Å². The molecular weight excluding hydrogens is 507 g/mol. The molecule has 29 heavy (non-hydrogen) atoms. The Balaban J connectivity index is 1.70. The topological polar surface area (TPSA) is 63.7 Å². The zero-order valence-electron chi connectivity index (χ0n) is 15.4. The molecule has 3 aliphatic carbocycles. The van der Waals surface area contributed by atoms with Gasteiger partial charge in [0.05, 0.1) is 27.9 Å². The molecule has 1 saturated heterocycles. The van der Waals surface area contributed by atoms with Crippen molar-refractivity contribution in [2.24, 2.45) is 23.2 Å². The van der Waals surface area contributed by atoms with Crippen LogP contribution in [0.15, 0.2) is 10.1 Å². The number of hydrogen-bond acceptors (Lipinski definition) is 4. The number of amides is 2. The molecule has 1 aliphatic heterocycles.